The van der Waals surface area contributed by atoms with Gasteiger partial charge >= 0.3 is 6.03 Å². The third-order valence-corrected chi connectivity index (χ3v) is 4.88. The second kappa shape index (κ2) is 4.84. The fourth-order valence-electron chi connectivity index (χ4n) is 2.52. The minimum atomic E-state index is -0.686. The van der Waals surface area contributed by atoms with E-state index in [4.69, 9.17) is 5.26 Å². The van der Waals surface area contributed by atoms with E-state index in [0.29, 0.717) is 17.7 Å². The lowest BCUT2D eigenvalue weighted by Gasteiger charge is -2.19. The third-order valence-electron chi connectivity index (χ3n) is 3.69. The van der Waals surface area contributed by atoms with E-state index < -0.39 is 5.54 Å². The molecule has 2 saturated heterocycles. The maximum atomic E-state index is 12.4. The molecule has 2 aliphatic rings. The van der Waals surface area contributed by atoms with Gasteiger partial charge in [0.1, 0.15) is 5.54 Å². The van der Waals surface area contributed by atoms with Gasteiger partial charge in [0.25, 0.3) is 5.91 Å². The second-order valence-electron chi connectivity index (χ2n) is 5.01. The Hall–Kier alpha value is -2.00. The van der Waals surface area contributed by atoms with Gasteiger partial charge in [-0.25, -0.2) is 4.79 Å². The Morgan fingerprint density at radius 3 is 2.70 bits per heavy atom. The Kier molecular flexibility index (Phi) is 3.14. The van der Waals surface area contributed by atoms with Crippen molar-refractivity contribution >= 4 is 23.7 Å². The first kappa shape index (κ1) is 13.0. The molecule has 0 aliphatic carbocycles. The molecule has 0 unspecified atom stereocenters. The third kappa shape index (κ3) is 2.04. The highest BCUT2D eigenvalue weighted by Crippen LogP contribution is 2.33. The van der Waals surface area contributed by atoms with Crippen molar-refractivity contribution in [1.29, 1.82) is 5.26 Å². The number of carbonyl (C=O) groups excluding carboxylic acids is 2. The van der Waals surface area contributed by atoms with Crippen LogP contribution in [0.3, 0.4) is 0 Å². The summed E-state index contributed by atoms with van der Waals surface area (Å²) >= 11 is 1.69. The van der Waals surface area contributed by atoms with E-state index in [0.717, 1.165) is 11.3 Å². The van der Waals surface area contributed by atoms with Gasteiger partial charge in [0.15, 0.2) is 0 Å². The van der Waals surface area contributed by atoms with Crippen LogP contribution in [-0.2, 0) is 11.3 Å². The van der Waals surface area contributed by atoms with E-state index in [1.54, 1.807) is 36.0 Å². The summed E-state index contributed by atoms with van der Waals surface area (Å²) in [4.78, 5) is 25.7. The lowest BCUT2D eigenvalue weighted by molar-refractivity contribution is -0.130. The fraction of sp³-hybridized carbons (Fsp3) is 0.357. The Bertz CT molecular complexity index is 600. The van der Waals surface area contributed by atoms with Crippen LogP contribution < -0.4 is 5.32 Å². The second-order valence-corrected chi connectivity index (χ2v) is 6.12. The van der Waals surface area contributed by atoms with Crippen LogP contribution in [0.1, 0.15) is 17.5 Å². The van der Waals surface area contributed by atoms with Crippen LogP contribution in [0.5, 0.6) is 0 Å². The van der Waals surface area contributed by atoms with Crippen LogP contribution in [0.15, 0.2) is 24.3 Å². The number of amides is 3. The summed E-state index contributed by atoms with van der Waals surface area (Å²) in [6.45, 7) is 0.253. The largest absolute Gasteiger partial charge is 0.325 e. The Labute approximate surface area is 120 Å². The average Bonchev–Trinajstić information content (AvgIpc) is 3.01. The number of hydrogen-bond donors (Lipinski definition) is 1. The van der Waals surface area contributed by atoms with Crippen molar-refractivity contribution in [2.24, 2.45) is 0 Å². The molecule has 6 heteroatoms. The van der Waals surface area contributed by atoms with E-state index in [1.807, 2.05) is 6.07 Å². The predicted octanol–water partition coefficient (Wildman–Crippen LogP) is 1.49. The summed E-state index contributed by atoms with van der Waals surface area (Å²) in [5.74, 6) is 1.43. The van der Waals surface area contributed by atoms with E-state index >= 15 is 0 Å². The first-order valence-electron chi connectivity index (χ1n) is 6.35. The smallest absolute Gasteiger partial charge is 0.322 e. The highest BCUT2D eigenvalue weighted by molar-refractivity contribution is 7.99. The maximum Gasteiger partial charge on any atom is 0.325 e. The quantitative estimate of drug-likeness (QED) is 0.836. The van der Waals surface area contributed by atoms with Crippen LogP contribution >= 0.6 is 11.8 Å². The molecule has 1 aromatic carbocycles. The topological polar surface area (TPSA) is 73.2 Å². The van der Waals surface area contributed by atoms with Crippen LogP contribution in [0.25, 0.3) is 0 Å². The zero-order chi connectivity index (χ0) is 14.2. The summed E-state index contributed by atoms with van der Waals surface area (Å²) in [6, 6.07) is 8.65. The number of urea groups is 1. The van der Waals surface area contributed by atoms with E-state index in [1.165, 1.54) is 4.90 Å². The lowest BCUT2D eigenvalue weighted by Crippen LogP contribution is -2.46. The van der Waals surface area contributed by atoms with Gasteiger partial charge in [-0.2, -0.15) is 17.0 Å². The summed E-state index contributed by atoms with van der Waals surface area (Å²) in [6.07, 6.45) is 0.701. The predicted molar refractivity (Wildman–Crippen MR) is 74.9 cm³/mol. The Morgan fingerprint density at radius 2 is 2.10 bits per heavy atom. The van der Waals surface area contributed by atoms with Gasteiger partial charge in [0.05, 0.1) is 18.2 Å². The molecule has 20 heavy (non-hydrogen) atoms. The number of benzene rings is 1. The van der Waals surface area contributed by atoms with Crippen LogP contribution in [-0.4, -0.2) is 33.9 Å². The molecule has 1 aromatic rings. The standard InChI is InChI=1S/C14H13N3O2S/c15-7-10-1-3-11(4-2-10)8-17-12(18)14(16-13(17)19)5-6-20-9-14/h1-4H,5-6,8-9H2,(H,16,19)/t14-/m0/s1. The van der Waals surface area contributed by atoms with Gasteiger partial charge in [-0.15, -0.1) is 0 Å². The zero-order valence-corrected chi connectivity index (χ0v) is 11.6. The van der Waals surface area contributed by atoms with Gasteiger partial charge in [0.2, 0.25) is 0 Å². The van der Waals surface area contributed by atoms with E-state index in [-0.39, 0.29) is 18.5 Å². The maximum absolute atomic E-state index is 12.4. The molecule has 3 amide bonds. The Balaban J connectivity index is 1.78. The number of nitriles is 1. The molecule has 0 radical (unpaired) electrons. The van der Waals surface area contributed by atoms with Crippen molar-refractivity contribution in [3.8, 4) is 6.07 Å². The summed E-state index contributed by atoms with van der Waals surface area (Å²) in [5.41, 5.74) is 0.721. The van der Waals surface area contributed by atoms with Gasteiger partial charge in [-0.05, 0) is 29.9 Å². The minimum absolute atomic E-state index is 0.128. The molecule has 102 valence electrons. The van der Waals surface area contributed by atoms with Crippen molar-refractivity contribution in [3.63, 3.8) is 0 Å². The number of imide groups is 1. The number of thioether (sulfide) groups is 1. The van der Waals surface area contributed by atoms with Crippen LogP contribution in [0, 0.1) is 11.3 Å². The highest BCUT2D eigenvalue weighted by atomic mass is 32.2. The summed E-state index contributed by atoms with van der Waals surface area (Å²) in [7, 11) is 0. The minimum Gasteiger partial charge on any atom is -0.322 e. The molecule has 2 fully saturated rings. The average molecular weight is 287 g/mol. The van der Waals surface area contributed by atoms with Crippen molar-refractivity contribution in [2.75, 3.05) is 11.5 Å². The van der Waals surface area contributed by atoms with Gasteiger partial charge in [0, 0.05) is 5.75 Å². The summed E-state index contributed by atoms with van der Waals surface area (Å²) < 4.78 is 0. The summed E-state index contributed by atoms with van der Waals surface area (Å²) in [5, 5.41) is 11.6. The van der Waals surface area contributed by atoms with Crippen LogP contribution in [0.2, 0.25) is 0 Å². The van der Waals surface area contributed by atoms with E-state index in [2.05, 4.69) is 5.32 Å². The SMILES string of the molecule is N#Cc1ccc(CN2C(=O)N[C@]3(CCSC3)C2=O)cc1. The van der Waals surface area contributed by atoms with Crippen LogP contribution in [0.4, 0.5) is 4.79 Å². The van der Waals surface area contributed by atoms with Gasteiger partial charge < -0.3 is 5.32 Å². The molecule has 3 rings (SSSR count). The van der Waals surface area contributed by atoms with Gasteiger partial charge in [-0.1, -0.05) is 12.1 Å². The first-order chi connectivity index (χ1) is 9.64. The molecule has 2 heterocycles. The number of hydrogen-bond acceptors (Lipinski definition) is 4. The van der Waals surface area contributed by atoms with Gasteiger partial charge in [-0.3, -0.25) is 9.69 Å². The molecule has 0 saturated carbocycles. The molecular weight excluding hydrogens is 274 g/mol. The lowest BCUT2D eigenvalue weighted by atomic mass is 9.99. The molecule has 0 aromatic heterocycles. The van der Waals surface area contributed by atoms with Crippen molar-refractivity contribution in [3.05, 3.63) is 35.4 Å². The van der Waals surface area contributed by atoms with Crippen molar-refractivity contribution < 1.29 is 9.59 Å². The number of carbonyl (C=O) groups is 2. The Morgan fingerprint density at radius 1 is 1.35 bits per heavy atom. The number of rotatable bonds is 2. The molecule has 0 bridgehead atoms. The monoisotopic (exact) mass is 287 g/mol. The first-order valence-corrected chi connectivity index (χ1v) is 7.51. The highest BCUT2D eigenvalue weighted by Gasteiger charge is 2.52. The molecule has 5 nitrogen and oxygen atoms in total. The van der Waals surface area contributed by atoms with Crippen molar-refractivity contribution in [2.45, 2.75) is 18.5 Å². The number of nitrogens with one attached hydrogen (secondary N) is 1. The normalized spacial score (nSPS) is 25.1. The molecule has 1 atom stereocenters. The van der Waals surface area contributed by atoms with Crippen molar-refractivity contribution in [1.82, 2.24) is 10.2 Å². The number of nitrogens with zero attached hydrogens (tertiary/aromatic N) is 2. The molecule has 1 N–H and O–H groups in total. The molecule has 1 spiro atoms. The molecular formula is C14H13N3O2S. The molecule has 2 aliphatic heterocycles. The zero-order valence-electron chi connectivity index (χ0n) is 10.8. The van der Waals surface area contributed by atoms with E-state index in [9.17, 15) is 9.59 Å². The fourth-order valence-corrected chi connectivity index (χ4v) is 3.84.